The number of aryl methyl sites for hydroxylation is 3. The first kappa shape index (κ1) is 32.8. The Morgan fingerprint density at radius 3 is 1.52 bits per heavy atom. The predicted molar refractivity (Wildman–Crippen MR) is 199 cm³/mol. The minimum atomic E-state index is 0.0735. The van der Waals surface area contributed by atoms with Gasteiger partial charge >= 0.3 is 0 Å². The van der Waals surface area contributed by atoms with Gasteiger partial charge in [-0.05, 0) is 102 Å². The summed E-state index contributed by atoms with van der Waals surface area (Å²) < 4.78 is 1.16. The Labute approximate surface area is 294 Å². The molecule has 0 bridgehead atoms. The van der Waals surface area contributed by atoms with Crippen LogP contribution in [-0.4, -0.2) is 47.8 Å². The van der Waals surface area contributed by atoms with Gasteiger partial charge in [-0.15, -0.1) is 0 Å². The number of likely N-dealkylation sites (tertiary alicyclic amines) is 2. The van der Waals surface area contributed by atoms with Crippen LogP contribution in [0.4, 0.5) is 0 Å². The van der Waals surface area contributed by atoms with E-state index in [0.29, 0.717) is 36.7 Å². The standard InChI is InChI=1S/C28H29NO.C15H18BrNO/c1-19-4-6-20(7-5-19)21-8-10-22(11-9-21)23-12-14-25-24(18-23)13-15-26-28(25,2)17-16-27(30)29(26)3;1-15-8-7-14(18)17(2)13(15)6-3-10-9-11(16)4-5-12(10)15/h4-12,14,18,26H,13,15-17H2,1-3H3;4-5,9,13H,3,6-8H2,1-2H3/t26?,28-;13?,15-/m11/s1. The van der Waals surface area contributed by atoms with E-state index in [1.165, 1.54) is 50.1 Å². The number of benzene rings is 4. The van der Waals surface area contributed by atoms with Gasteiger partial charge in [0.05, 0.1) is 0 Å². The number of piperidine rings is 2. The Balaban J connectivity index is 0.000000172. The summed E-state index contributed by atoms with van der Waals surface area (Å²) in [6, 6.07) is 31.9. The quantitative estimate of drug-likeness (QED) is 0.209. The monoisotopic (exact) mass is 702 g/mol. The number of hydrogen-bond acceptors (Lipinski definition) is 2. The molecule has 2 fully saturated rings. The molecule has 5 heteroatoms. The zero-order chi connectivity index (χ0) is 33.8. The number of fused-ring (bicyclic) bond motifs is 6. The van der Waals surface area contributed by atoms with Gasteiger partial charge in [0.15, 0.2) is 0 Å². The number of rotatable bonds is 2. The molecule has 8 rings (SSSR count). The van der Waals surface area contributed by atoms with Crippen molar-refractivity contribution in [3.05, 3.63) is 117 Å². The van der Waals surface area contributed by atoms with Crippen molar-refractivity contribution in [1.29, 1.82) is 0 Å². The summed E-state index contributed by atoms with van der Waals surface area (Å²) in [6.07, 6.45) is 7.54. The van der Waals surface area contributed by atoms with Crippen molar-refractivity contribution in [3.8, 4) is 22.3 Å². The number of likely N-dealkylation sites (N-methyl/N-ethyl adjacent to an activating group) is 2. The zero-order valence-electron chi connectivity index (χ0n) is 29.0. The number of nitrogens with zero attached hydrogens (tertiary/aromatic N) is 2. The molecule has 2 amide bonds. The summed E-state index contributed by atoms with van der Waals surface area (Å²) in [7, 11) is 3.95. The van der Waals surface area contributed by atoms with Crippen LogP contribution < -0.4 is 0 Å². The SMILES string of the molecule is CN1C(=O)CC[C@]2(C)c3ccc(Br)cc3CCC12.Cc1ccc(-c2ccc(-c3ccc4c(c3)CCC3N(C)C(=O)CC[C@]43C)cc2)cc1. The van der Waals surface area contributed by atoms with Crippen molar-refractivity contribution in [2.45, 2.75) is 95.1 Å². The van der Waals surface area contributed by atoms with Crippen molar-refractivity contribution in [2.75, 3.05) is 14.1 Å². The fourth-order valence-electron chi connectivity index (χ4n) is 9.32. The van der Waals surface area contributed by atoms with Gasteiger partial charge in [0.25, 0.3) is 0 Å². The average molecular weight is 704 g/mol. The van der Waals surface area contributed by atoms with E-state index < -0.39 is 0 Å². The number of carbonyl (C=O) groups excluding carboxylic acids is 2. The lowest BCUT2D eigenvalue weighted by Crippen LogP contribution is -2.56. The van der Waals surface area contributed by atoms with Crippen molar-refractivity contribution in [1.82, 2.24) is 9.80 Å². The molecule has 0 N–H and O–H groups in total. The van der Waals surface area contributed by atoms with Crippen LogP contribution in [-0.2, 0) is 33.3 Å². The third-order valence-corrected chi connectivity index (χ3v) is 12.8. The highest BCUT2D eigenvalue weighted by Crippen LogP contribution is 2.47. The fraction of sp³-hybridized carbons (Fsp3) is 0.395. The second-order valence-corrected chi connectivity index (χ2v) is 16.0. The van der Waals surface area contributed by atoms with E-state index >= 15 is 0 Å². The lowest BCUT2D eigenvalue weighted by molar-refractivity contribution is -0.138. The predicted octanol–water partition coefficient (Wildman–Crippen LogP) is 9.43. The summed E-state index contributed by atoms with van der Waals surface area (Å²) in [5, 5.41) is 0. The maximum atomic E-state index is 12.2. The van der Waals surface area contributed by atoms with Gasteiger partial charge in [-0.3, -0.25) is 9.59 Å². The molecule has 4 nitrogen and oxygen atoms in total. The van der Waals surface area contributed by atoms with Crippen LogP contribution in [0.2, 0.25) is 0 Å². The molecule has 4 aromatic rings. The minimum Gasteiger partial charge on any atom is -0.342 e. The third-order valence-electron chi connectivity index (χ3n) is 12.3. The van der Waals surface area contributed by atoms with Gasteiger partial charge < -0.3 is 9.80 Å². The molecular formula is C43H47BrN2O2. The van der Waals surface area contributed by atoms with Crippen LogP contribution in [0.3, 0.4) is 0 Å². The number of carbonyl (C=O) groups is 2. The molecule has 0 spiro atoms. The molecule has 0 saturated carbocycles. The van der Waals surface area contributed by atoms with Crippen LogP contribution in [0, 0.1) is 6.92 Å². The van der Waals surface area contributed by atoms with Crippen molar-refractivity contribution < 1.29 is 9.59 Å². The van der Waals surface area contributed by atoms with Crippen molar-refractivity contribution in [2.24, 2.45) is 0 Å². The van der Waals surface area contributed by atoms with Crippen LogP contribution in [0.15, 0.2) is 89.4 Å². The summed E-state index contributed by atoms with van der Waals surface area (Å²) in [5.74, 6) is 0.601. The van der Waals surface area contributed by atoms with E-state index in [4.69, 9.17) is 0 Å². The zero-order valence-corrected chi connectivity index (χ0v) is 30.6. The maximum absolute atomic E-state index is 12.2. The first-order chi connectivity index (χ1) is 23.0. The van der Waals surface area contributed by atoms with Crippen LogP contribution >= 0.6 is 15.9 Å². The topological polar surface area (TPSA) is 40.6 Å². The highest BCUT2D eigenvalue weighted by molar-refractivity contribution is 9.10. The Bertz CT molecular complexity index is 1870. The van der Waals surface area contributed by atoms with Gasteiger partial charge in [0.2, 0.25) is 11.8 Å². The van der Waals surface area contributed by atoms with E-state index in [9.17, 15) is 9.59 Å². The highest BCUT2D eigenvalue weighted by Gasteiger charge is 2.48. The summed E-state index contributed by atoms with van der Waals surface area (Å²) in [5.41, 5.74) is 12.3. The minimum absolute atomic E-state index is 0.0735. The summed E-state index contributed by atoms with van der Waals surface area (Å²) in [4.78, 5) is 28.1. The van der Waals surface area contributed by atoms with E-state index in [1.807, 2.05) is 23.9 Å². The third kappa shape index (κ3) is 5.72. The maximum Gasteiger partial charge on any atom is 0.222 e. The lowest BCUT2D eigenvalue weighted by Gasteiger charge is -2.50. The highest BCUT2D eigenvalue weighted by atomic mass is 79.9. The molecule has 4 atom stereocenters. The van der Waals surface area contributed by atoms with Crippen molar-refractivity contribution >= 4 is 27.7 Å². The second-order valence-electron chi connectivity index (χ2n) is 15.1. The van der Waals surface area contributed by atoms with Gasteiger partial charge in [0.1, 0.15) is 0 Å². The van der Waals surface area contributed by atoms with Crippen LogP contribution in [0.25, 0.3) is 22.3 Å². The summed E-state index contributed by atoms with van der Waals surface area (Å²) in [6.45, 7) is 6.80. The Hall–Kier alpha value is -3.70. The number of amides is 2. The lowest BCUT2D eigenvalue weighted by atomic mass is 9.63. The molecule has 4 aromatic carbocycles. The van der Waals surface area contributed by atoms with Gasteiger partial charge in [0, 0.05) is 54.3 Å². The van der Waals surface area contributed by atoms with Gasteiger partial charge in [-0.25, -0.2) is 0 Å². The van der Waals surface area contributed by atoms with Crippen molar-refractivity contribution in [3.63, 3.8) is 0 Å². The average Bonchev–Trinajstić information content (AvgIpc) is 3.09. The molecule has 4 aliphatic rings. The van der Waals surface area contributed by atoms with Gasteiger partial charge in [-0.2, -0.15) is 0 Å². The number of hydrogen-bond donors (Lipinski definition) is 0. The molecule has 0 aromatic heterocycles. The first-order valence-electron chi connectivity index (χ1n) is 17.6. The molecule has 2 heterocycles. The number of halogens is 1. The van der Waals surface area contributed by atoms with E-state index in [-0.39, 0.29) is 10.8 Å². The smallest absolute Gasteiger partial charge is 0.222 e. The molecule has 248 valence electrons. The Morgan fingerprint density at radius 2 is 1.00 bits per heavy atom. The molecule has 48 heavy (non-hydrogen) atoms. The van der Waals surface area contributed by atoms with E-state index in [2.05, 4.69) is 122 Å². The van der Waals surface area contributed by atoms with Crippen LogP contribution in [0.1, 0.15) is 80.2 Å². The van der Waals surface area contributed by atoms with Crippen LogP contribution in [0.5, 0.6) is 0 Å². The molecular weight excluding hydrogens is 656 g/mol. The molecule has 2 saturated heterocycles. The van der Waals surface area contributed by atoms with E-state index in [0.717, 1.165) is 43.0 Å². The largest absolute Gasteiger partial charge is 0.342 e. The molecule has 2 aliphatic heterocycles. The molecule has 0 radical (unpaired) electrons. The Kier molecular flexibility index (Phi) is 8.64. The van der Waals surface area contributed by atoms with Gasteiger partial charge in [-0.1, -0.05) is 108 Å². The second kappa shape index (κ2) is 12.6. The first-order valence-corrected chi connectivity index (χ1v) is 18.4. The normalized spacial score (nSPS) is 26.0. The Morgan fingerprint density at radius 1 is 0.583 bits per heavy atom. The fourth-order valence-corrected chi connectivity index (χ4v) is 9.73. The summed E-state index contributed by atoms with van der Waals surface area (Å²) >= 11 is 3.55. The molecule has 2 aliphatic carbocycles. The molecule has 2 unspecified atom stereocenters. The van der Waals surface area contributed by atoms with E-state index in [1.54, 1.807) is 0 Å².